The summed E-state index contributed by atoms with van der Waals surface area (Å²) in [5, 5.41) is 10.2. The van der Waals surface area contributed by atoms with Gasteiger partial charge in [0, 0.05) is 23.5 Å². The quantitative estimate of drug-likeness (QED) is 0.204. The number of anilines is 1. The Morgan fingerprint density at radius 2 is 1.66 bits per heavy atom. The molecule has 0 unspecified atom stereocenters. The van der Waals surface area contributed by atoms with Gasteiger partial charge in [-0.1, -0.05) is 67.6 Å². The summed E-state index contributed by atoms with van der Waals surface area (Å²) in [6, 6.07) is 17.2. The van der Waals surface area contributed by atoms with Crippen molar-refractivity contribution in [2.45, 2.75) is 54.3 Å². The largest absolute Gasteiger partial charge is 0.573 e. The maximum absolute atomic E-state index is 12.9. The number of nitrogens with zero attached hydrogens (tertiary/aromatic N) is 5. The van der Waals surface area contributed by atoms with Crippen LogP contribution in [0.2, 0.25) is 0 Å². The van der Waals surface area contributed by atoms with Crippen LogP contribution in [-0.4, -0.2) is 45.3 Å². The lowest BCUT2D eigenvalue weighted by Crippen LogP contribution is -2.35. The zero-order valence-corrected chi connectivity index (χ0v) is 28.0. The van der Waals surface area contributed by atoms with Crippen molar-refractivity contribution in [1.82, 2.24) is 20.1 Å². The number of alkyl halides is 3. The number of aromatic nitrogens is 3. The second kappa shape index (κ2) is 13.6. The standard InChI is InChI=1S/C35H37F3N6O2S/c1-22-15-23(2)31(24(3)16-22)43-18-30(47-19-25(43)4)41-33(45)39-20-34(5,6)17-26-7-9-27(10-8-26)32-40-21-44(42-32)28-11-13-29(14-12-28)46-35(36,37)38/h7-16,19,21H,17-18,20H2,1-6H3,(H,39,45). The number of aryl methyl sites for hydroxylation is 3. The monoisotopic (exact) mass is 662 g/mol. The zero-order chi connectivity index (χ0) is 33.9. The van der Waals surface area contributed by atoms with E-state index in [2.05, 4.69) is 83.7 Å². The van der Waals surface area contributed by atoms with E-state index in [9.17, 15) is 18.0 Å². The number of nitrogens with one attached hydrogen (secondary N) is 1. The minimum absolute atomic E-state index is 0.239. The first-order chi connectivity index (χ1) is 22.2. The van der Waals surface area contributed by atoms with Crippen LogP contribution in [0.25, 0.3) is 17.1 Å². The van der Waals surface area contributed by atoms with E-state index in [1.54, 1.807) is 0 Å². The van der Waals surface area contributed by atoms with Gasteiger partial charge in [0.1, 0.15) is 17.1 Å². The molecule has 0 aliphatic carbocycles. The number of allylic oxidation sites excluding steroid dienone is 1. The zero-order valence-electron chi connectivity index (χ0n) is 27.1. The fourth-order valence-corrected chi connectivity index (χ4v) is 6.38. The first-order valence-electron chi connectivity index (χ1n) is 15.1. The van der Waals surface area contributed by atoms with Gasteiger partial charge in [0.05, 0.1) is 12.2 Å². The van der Waals surface area contributed by atoms with Crippen LogP contribution in [0, 0.1) is 26.2 Å². The molecule has 1 aliphatic rings. The topological polar surface area (TPSA) is 84.6 Å². The number of halogens is 3. The molecule has 2 amide bonds. The van der Waals surface area contributed by atoms with Gasteiger partial charge in [-0.05, 0) is 85.9 Å². The van der Waals surface area contributed by atoms with E-state index in [-0.39, 0.29) is 17.2 Å². The predicted molar refractivity (Wildman–Crippen MR) is 181 cm³/mol. The Morgan fingerprint density at radius 3 is 2.30 bits per heavy atom. The molecule has 1 aromatic heterocycles. The predicted octanol–water partition coefficient (Wildman–Crippen LogP) is 8.55. The molecule has 3 aromatic carbocycles. The van der Waals surface area contributed by atoms with Gasteiger partial charge in [-0.3, -0.25) is 0 Å². The number of benzene rings is 3. The SMILES string of the molecule is CC1=CSC(=NC(=O)NCC(C)(C)Cc2ccc(-c3ncn(-c4ccc(OC(F)(F)F)cc4)n3)cc2)CN1c1c(C)cc(C)cc1C. The van der Waals surface area contributed by atoms with Crippen LogP contribution in [-0.2, 0) is 6.42 Å². The van der Waals surface area contributed by atoms with Gasteiger partial charge >= 0.3 is 12.4 Å². The first-order valence-corrected chi connectivity index (χ1v) is 16.0. The van der Waals surface area contributed by atoms with Crippen molar-refractivity contribution in [3.8, 4) is 22.8 Å². The fraction of sp³-hybridized carbons (Fsp3) is 0.314. The molecule has 4 aromatic rings. The third kappa shape index (κ3) is 8.82. The summed E-state index contributed by atoms with van der Waals surface area (Å²) in [4.78, 5) is 23.8. The number of aliphatic imine (C=N–C) groups is 1. The molecule has 1 N–H and O–H groups in total. The van der Waals surface area contributed by atoms with Crippen LogP contribution >= 0.6 is 11.8 Å². The van der Waals surface area contributed by atoms with Gasteiger partial charge in [0.25, 0.3) is 0 Å². The van der Waals surface area contributed by atoms with Crippen molar-refractivity contribution in [1.29, 1.82) is 0 Å². The maximum atomic E-state index is 12.9. The highest BCUT2D eigenvalue weighted by atomic mass is 32.2. The Labute approximate surface area is 276 Å². The summed E-state index contributed by atoms with van der Waals surface area (Å²) in [5.41, 5.74) is 8.08. The summed E-state index contributed by atoms with van der Waals surface area (Å²) in [6.45, 7) is 13.6. The summed E-state index contributed by atoms with van der Waals surface area (Å²) in [7, 11) is 0. The van der Waals surface area contributed by atoms with E-state index in [0.717, 1.165) is 34.0 Å². The lowest BCUT2D eigenvalue weighted by atomic mass is 9.85. The van der Waals surface area contributed by atoms with Gasteiger partial charge in [0.15, 0.2) is 5.82 Å². The van der Waals surface area contributed by atoms with Crippen LogP contribution in [0.15, 0.2) is 83.1 Å². The van der Waals surface area contributed by atoms with Gasteiger partial charge in [0.2, 0.25) is 0 Å². The van der Waals surface area contributed by atoms with Gasteiger partial charge in [-0.15, -0.1) is 18.3 Å². The molecule has 8 nitrogen and oxygen atoms in total. The van der Waals surface area contributed by atoms with E-state index in [1.807, 2.05) is 29.7 Å². The Bertz CT molecular complexity index is 1790. The molecule has 246 valence electrons. The average molecular weight is 663 g/mol. The minimum Gasteiger partial charge on any atom is -0.406 e. The molecule has 1 aliphatic heterocycles. The first kappa shape index (κ1) is 33.8. The van der Waals surface area contributed by atoms with Crippen molar-refractivity contribution in [3.05, 3.63) is 100 Å². The molecule has 0 radical (unpaired) electrons. The number of hydrogen-bond donors (Lipinski definition) is 1. The number of rotatable bonds is 8. The number of carbonyl (C=O) groups excluding carboxylic acids is 1. The molecule has 0 spiro atoms. The van der Waals surface area contributed by atoms with Crippen LogP contribution in [0.5, 0.6) is 5.75 Å². The van der Waals surface area contributed by atoms with Gasteiger partial charge < -0.3 is 15.0 Å². The Kier molecular flexibility index (Phi) is 9.81. The Morgan fingerprint density at radius 1 is 1.00 bits per heavy atom. The molecule has 5 rings (SSSR count). The van der Waals surface area contributed by atoms with Crippen molar-refractivity contribution >= 4 is 28.5 Å². The van der Waals surface area contributed by atoms with Crippen molar-refractivity contribution in [3.63, 3.8) is 0 Å². The van der Waals surface area contributed by atoms with Crippen LogP contribution < -0.4 is 15.0 Å². The number of thioether (sulfide) groups is 1. The smallest absolute Gasteiger partial charge is 0.406 e. The average Bonchev–Trinajstić information content (AvgIpc) is 3.47. The van der Waals surface area contributed by atoms with E-state index in [0.29, 0.717) is 24.6 Å². The molecule has 0 fully saturated rings. The third-order valence-corrected chi connectivity index (χ3v) is 8.61. The summed E-state index contributed by atoms with van der Waals surface area (Å²) in [6.07, 6.45) is -2.53. The van der Waals surface area contributed by atoms with Crippen LogP contribution in [0.3, 0.4) is 0 Å². The van der Waals surface area contributed by atoms with Gasteiger partial charge in [-0.2, -0.15) is 4.99 Å². The van der Waals surface area contributed by atoms with E-state index in [4.69, 9.17) is 0 Å². The summed E-state index contributed by atoms with van der Waals surface area (Å²) < 4.78 is 42.7. The summed E-state index contributed by atoms with van der Waals surface area (Å²) in [5.74, 6) is 0.175. The van der Waals surface area contributed by atoms with E-state index >= 15 is 0 Å². The second-order valence-electron chi connectivity index (χ2n) is 12.5. The molecule has 2 heterocycles. The highest BCUT2D eigenvalue weighted by Gasteiger charge is 2.31. The molecule has 0 bridgehead atoms. The highest BCUT2D eigenvalue weighted by Crippen LogP contribution is 2.33. The highest BCUT2D eigenvalue weighted by molar-refractivity contribution is 8.16. The molecule has 47 heavy (non-hydrogen) atoms. The number of amides is 2. The van der Waals surface area contributed by atoms with Crippen molar-refractivity contribution in [2.75, 3.05) is 18.0 Å². The van der Waals surface area contributed by atoms with Gasteiger partial charge in [-0.25, -0.2) is 14.5 Å². The molecular weight excluding hydrogens is 625 g/mol. The molecule has 0 atom stereocenters. The summed E-state index contributed by atoms with van der Waals surface area (Å²) >= 11 is 1.48. The molecule has 12 heteroatoms. The third-order valence-electron chi connectivity index (χ3n) is 7.66. The lowest BCUT2D eigenvalue weighted by Gasteiger charge is -2.32. The molecule has 0 saturated carbocycles. The Balaban J connectivity index is 1.16. The maximum Gasteiger partial charge on any atom is 0.573 e. The van der Waals surface area contributed by atoms with Crippen LogP contribution in [0.4, 0.5) is 23.7 Å². The Hall–Kier alpha value is -4.58. The van der Waals surface area contributed by atoms with Crippen LogP contribution in [0.1, 0.15) is 43.0 Å². The van der Waals surface area contributed by atoms with E-state index in [1.165, 1.54) is 63.7 Å². The number of urea groups is 1. The molecule has 0 saturated heterocycles. The number of carbonyl (C=O) groups is 1. The van der Waals surface area contributed by atoms with Crippen molar-refractivity contribution < 1.29 is 22.7 Å². The normalized spacial score (nSPS) is 14.7. The second-order valence-corrected chi connectivity index (χ2v) is 13.4. The molecular formula is C35H37F3N6O2S. The minimum atomic E-state index is -4.75. The fourth-order valence-electron chi connectivity index (χ4n) is 5.60. The van der Waals surface area contributed by atoms with E-state index < -0.39 is 6.36 Å². The lowest BCUT2D eigenvalue weighted by molar-refractivity contribution is -0.274. The number of ether oxygens (including phenoxy) is 1. The number of hydrogen-bond acceptors (Lipinski definition) is 6. The van der Waals surface area contributed by atoms with Crippen molar-refractivity contribution in [2.24, 2.45) is 10.4 Å².